The number of methoxy groups -OCH3 is 1. The van der Waals surface area contributed by atoms with E-state index in [0.717, 1.165) is 40.9 Å². The van der Waals surface area contributed by atoms with Crippen molar-refractivity contribution in [2.75, 3.05) is 13.7 Å². The molecule has 0 spiro atoms. The van der Waals surface area contributed by atoms with Gasteiger partial charge >= 0.3 is 0 Å². The maximum Gasteiger partial charge on any atom is 0.290 e. The van der Waals surface area contributed by atoms with E-state index in [9.17, 15) is 0 Å². The molecule has 2 heterocycles. The van der Waals surface area contributed by atoms with Crippen LogP contribution in [-0.2, 0) is 22.6 Å². The lowest BCUT2D eigenvalue weighted by molar-refractivity contribution is -0.122. The molecule has 6 heteroatoms. The van der Waals surface area contributed by atoms with E-state index in [0.29, 0.717) is 12.3 Å². The van der Waals surface area contributed by atoms with E-state index < -0.39 is 0 Å². The summed E-state index contributed by atoms with van der Waals surface area (Å²) in [5.41, 5.74) is 5.23. The monoisotopic (exact) mass is 405 g/mol. The molecule has 6 nitrogen and oxygen atoms in total. The largest absolute Gasteiger partial charge is 0.489 e. The predicted octanol–water partition coefficient (Wildman–Crippen LogP) is 4.96. The number of fused-ring (bicyclic) bond motifs is 1. The van der Waals surface area contributed by atoms with Crippen LogP contribution in [-0.4, -0.2) is 30.3 Å². The molecule has 0 atom stereocenters. The van der Waals surface area contributed by atoms with E-state index >= 15 is 0 Å². The van der Waals surface area contributed by atoms with Crippen LogP contribution in [0, 0.1) is 0 Å². The van der Waals surface area contributed by atoms with E-state index in [4.69, 9.17) is 23.8 Å². The first-order valence-electron chi connectivity index (χ1n) is 9.44. The molecule has 4 aromatic rings. The van der Waals surface area contributed by atoms with Crippen molar-refractivity contribution >= 4 is 17.6 Å². The summed E-state index contributed by atoms with van der Waals surface area (Å²) in [4.78, 5) is 12.7. The number of furan rings is 1. The van der Waals surface area contributed by atoms with Crippen LogP contribution in [0.3, 0.4) is 0 Å². The van der Waals surface area contributed by atoms with Crippen LogP contribution in [0.25, 0.3) is 22.2 Å². The average Bonchev–Trinajstić information content (AvgIpc) is 3.26. The predicted molar refractivity (Wildman–Crippen MR) is 114 cm³/mol. The lowest BCUT2D eigenvalue weighted by atomic mass is 10.1. The molecule has 0 unspecified atom stereocenters. The fourth-order valence-corrected chi connectivity index (χ4v) is 2.95. The molecule has 0 aliphatic rings. The second-order valence-corrected chi connectivity index (χ2v) is 6.52. The number of carboxylic acid groups (broad SMARTS) is 1. The number of benzene rings is 2. The van der Waals surface area contributed by atoms with Crippen molar-refractivity contribution < 1.29 is 23.8 Å². The van der Waals surface area contributed by atoms with Crippen LogP contribution >= 0.6 is 0 Å². The molecule has 1 N–H and O–H groups in total. The number of hydrogen-bond donors (Lipinski definition) is 1. The number of nitrogens with zero attached hydrogens (tertiary/aromatic N) is 1. The summed E-state index contributed by atoms with van der Waals surface area (Å²) in [5.74, 6) is 0.870. The number of pyridine rings is 1. The second-order valence-electron chi connectivity index (χ2n) is 6.52. The van der Waals surface area contributed by atoms with Gasteiger partial charge < -0.3 is 19.0 Å². The van der Waals surface area contributed by atoms with E-state index in [2.05, 4.69) is 47.4 Å². The Morgan fingerprint density at radius 1 is 1.00 bits per heavy atom. The van der Waals surface area contributed by atoms with Gasteiger partial charge in [0, 0.05) is 24.3 Å². The first-order valence-corrected chi connectivity index (χ1v) is 9.44. The SMILES string of the molecule is COCCc1ccc(OCc2ccc(-c3cnc4occc4c3)cc2)cc1.O=CO. The van der Waals surface area contributed by atoms with Gasteiger partial charge in [-0.2, -0.15) is 0 Å². The minimum Gasteiger partial charge on any atom is -0.489 e. The van der Waals surface area contributed by atoms with Crippen molar-refractivity contribution in [3.63, 3.8) is 0 Å². The molecular formula is C24H23NO5. The van der Waals surface area contributed by atoms with E-state index in [1.54, 1.807) is 13.4 Å². The van der Waals surface area contributed by atoms with Gasteiger partial charge in [-0.3, -0.25) is 4.79 Å². The fourth-order valence-electron chi connectivity index (χ4n) is 2.95. The van der Waals surface area contributed by atoms with Crippen LogP contribution in [0.1, 0.15) is 11.1 Å². The van der Waals surface area contributed by atoms with Crippen molar-refractivity contribution in [1.29, 1.82) is 0 Å². The maximum atomic E-state index is 8.36. The fraction of sp³-hybridized carbons (Fsp3) is 0.167. The van der Waals surface area contributed by atoms with Crippen LogP contribution in [0.4, 0.5) is 0 Å². The third-order valence-electron chi connectivity index (χ3n) is 4.52. The summed E-state index contributed by atoms with van der Waals surface area (Å²) in [5, 5.41) is 7.90. The topological polar surface area (TPSA) is 81.8 Å². The Kier molecular flexibility index (Phi) is 7.58. The number of rotatable bonds is 7. The Labute approximate surface area is 174 Å². The summed E-state index contributed by atoms with van der Waals surface area (Å²) in [6.45, 7) is 1.02. The van der Waals surface area contributed by atoms with Gasteiger partial charge in [0.2, 0.25) is 5.71 Å². The van der Waals surface area contributed by atoms with Crippen molar-refractivity contribution in [2.45, 2.75) is 13.0 Å². The first-order chi connectivity index (χ1) is 14.7. The molecule has 0 saturated heterocycles. The number of carbonyl (C=O) groups is 1. The van der Waals surface area contributed by atoms with Gasteiger partial charge in [-0.05, 0) is 47.4 Å². The summed E-state index contributed by atoms with van der Waals surface area (Å²) >= 11 is 0. The molecule has 0 radical (unpaired) electrons. The van der Waals surface area contributed by atoms with Crippen molar-refractivity contribution in [1.82, 2.24) is 4.98 Å². The van der Waals surface area contributed by atoms with E-state index in [1.807, 2.05) is 24.4 Å². The van der Waals surface area contributed by atoms with Gasteiger partial charge in [0.25, 0.3) is 6.47 Å². The highest BCUT2D eigenvalue weighted by Crippen LogP contribution is 2.24. The summed E-state index contributed by atoms with van der Waals surface area (Å²) < 4.78 is 16.3. The zero-order valence-electron chi connectivity index (χ0n) is 16.7. The van der Waals surface area contributed by atoms with Gasteiger partial charge in [0.05, 0.1) is 12.9 Å². The summed E-state index contributed by atoms with van der Waals surface area (Å²) in [6.07, 6.45) is 4.41. The Morgan fingerprint density at radius 3 is 2.40 bits per heavy atom. The van der Waals surface area contributed by atoms with Crippen LogP contribution in [0.5, 0.6) is 5.75 Å². The minimum atomic E-state index is -0.250. The van der Waals surface area contributed by atoms with Gasteiger partial charge in [-0.25, -0.2) is 4.98 Å². The van der Waals surface area contributed by atoms with E-state index in [1.165, 1.54) is 5.56 Å². The minimum absolute atomic E-state index is 0.250. The molecule has 0 saturated carbocycles. The van der Waals surface area contributed by atoms with Crippen LogP contribution < -0.4 is 4.74 Å². The normalized spacial score (nSPS) is 10.3. The molecule has 0 fully saturated rings. The Hall–Kier alpha value is -3.64. The molecule has 2 aromatic carbocycles. The standard InChI is InChI=1S/C23H21NO3.CH2O2/c1-25-12-10-17-4-8-22(9-5-17)27-16-18-2-6-19(7-3-18)21-14-20-11-13-26-23(20)24-15-21;2-1-3/h2-9,11,13-15H,10,12,16H2,1H3;1H,(H,2,3). The number of ether oxygens (including phenoxy) is 2. The molecule has 4 rings (SSSR count). The second kappa shape index (κ2) is 10.8. The molecule has 0 bridgehead atoms. The zero-order chi connectivity index (χ0) is 21.2. The Morgan fingerprint density at radius 2 is 1.70 bits per heavy atom. The zero-order valence-corrected chi connectivity index (χ0v) is 16.7. The molecule has 0 aliphatic carbocycles. The quantitative estimate of drug-likeness (QED) is 0.438. The van der Waals surface area contributed by atoms with Gasteiger partial charge in [-0.15, -0.1) is 0 Å². The molecule has 2 aromatic heterocycles. The third kappa shape index (κ3) is 5.68. The molecule has 30 heavy (non-hydrogen) atoms. The first kappa shape index (κ1) is 21.1. The van der Waals surface area contributed by atoms with Gasteiger partial charge in [0.15, 0.2) is 0 Å². The lowest BCUT2D eigenvalue weighted by Gasteiger charge is -2.08. The van der Waals surface area contributed by atoms with Crippen LogP contribution in [0.15, 0.2) is 77.5 Å². The van der Waals surface area contributed by atoms with Crippen molar-refractivity contribution in [2.24, 2.45) is 0 Å². The maximum absolute atomic E-state index is 8.36. The average molecular weight is 405 g/mol. The van der Waals surface area contributed by atoms with Crippen LogP contribution in [0.2, 0.25) is 0 Å². The molecular weight excluding hydrogens is 382 g/mol. The van der Waals surface area contributed by atoms with Crippen molar-refractivity contribution in [3.8, 4) is 16.9 Å². The highest BCUT2D eigenvalue weighted by atomic mass is 16.5. The Balaban J connectivity index is 0.000000806. The van der Waals surface area contributed by atoms with Crippen molar-refractivity contribution in [3.05, 3.63) is 84.3 Å². The summed E-state index contributed by atoms with van der Waals surface area (Å²) in [7, 11) is 1.72. The van der Waals surface area contributed by atoms with Gasteiger partial charge in [0.1, 0.15) is 12.4 Å². The lowest BCUT2D eigenvalue weighted by Crippen LogP contribution is -1.97. The Bertz CT molecular complexity index is 1060. The smallest absolute Gasteiger partial charge is 0.290 e. The highest BCUT2D eigenvalue weighted by Gasteiger charge is 2.04. The number of hydrogen-bond acceptors (Lipinski definition) is 5. The molecule has 154 valence electrons. The third-order valence-corrected chi connectivity index (χ3v) is 4.52. The molecule has 0 amide bonds. The summed E-state index contributed by atoms with van der Waals surface area (Å²) in [6, 6.07) is 20.5. The highest BCUT2D eigenvalue weighted by molar-refractivity contribution is 5.79. The molecule has 0 aliphatic heterocycles. The van der Waals surface area contributed by atoms with Gasteiger partial charge in [-0.1, -0.05) is 36.4 Å². The van der Waals surface area contributed by atoms with E-state index in [-0.39, 0.29) is 6.47 Å². The number of aromatic nitrogens is 1.